The Hall–Kier alpha value is -0.650. The van der Waals surface area contributed by atoms with Crippen LogP contribution in [0.5, 0.6) is 0 Å². The summed E-state index contributed by atoms with van der Waals surface area (Å²) in [5, 5.41) is -0.377. The van der Waals surface area contributed by atoms with Gasteiger partial charge in [0.15, 0.2) is 0 Å². The zero-order valence-corrected chi connectivity index (χ0v) is 11.4. The highest BCUT2D eigenvalue weighted by Crippen LogP contribution is 2.19. The molecule has 0 saturated carbocycles. The predicted molar refractivity (Wildman–Crippen MR) is 66.1 cm³/mol. The zero-order valence-electron chi connectivity index (χ0n) is 9.87. The van der Waals surface area contributed by atoms with Crippen molar-refractivity contribution >= 4 is 21.6 Å². The van der Waals surface area contributed by atoms with Gasteiger partial charge in [-0.3, -0.25) is 0 Å². The first-order valence-corrected chi connectivity index (χ1v) is 7.01. The summed E-state index contributed by atoms with van der Waals surface area (Å²) in [5.74, 6) is -0.478. The van der Waals surface area contributed by atoms with E-state index in [1.807, 2.05) is 0 Å². The molecule has 0 fully saturated rings. The lowest BCUT2D eigenvalue weighted by Gasteiger charge is -2.28. The Morgan fingerprint density at radius 3 is 2.18 bits per heavy atom. The molecule has 0 radical (unpaired) electrons. The zero-order chi connectivity index (χ0) is 13.3. The highest BCUT2D eigenvalue weighted by molar-refractivity contribution is 7.89. The molecule has 17 heavy (non-hydrogen) atoms. The molecule has 1 N–H and O–H groups in total. The number of halogens is 2. The van der Waals surface area contributed by atoms with Crippen LogP contribution in [0.3, 0.4) is 0 Å². The highest BCUT2D eigenvalue weighted by atomic mass is 35.5. The van der Waals surface area contributed by atoms with Crippen molar-refractivity contribution in [2.75, 3.05) is 0 Å². The molecule has 6 heteroatoms. The minimum absolute atomic E-state index is 0.0179. The largest absolute Gasteiger partial charge is 0.241 e. The quantitative estimate of drug-likeness (QED) is 0.861. The van der Waals surface area contributed by atoms with Gasteiger partial charge in [0.1, 0.15) is 5.82 Å². The number of alkyl halides is 1. The van der Waals surface area contributed by atoms with Crippen molar-refractivity contribution in [3.05, 3.63) is 30.1 Å². The third-order valence-corrected chi connectivity index (χ3v) is 4.75. The van der Waals surface area contributed by atoms with Crippen LogP contribution in [0.4, 0.5) is 4.39 Å². The van der Waals surface area contributed by atoms with Gasteiger partial charge in [-0.25, -0.2) is 17.5 Å². The summed E-state index contributed by atoms with van der Waals surface area (Å²) in [6.07, 6.45) is 0. The van der Waals surface area contributed by atoms with Crippen LogP contribution in [0, 0.1) is 5.82 Å². The minimum atomic E-state index is -3.68. The Labute approximate surface area is 106 Å². The van der Waals surface area contributed by atoms with Crippen LogP contribution in [0.25, 0.3) is 0 Å². The van der Waals surface area contributed by atoms with Crippen molar-refractivity contribution in [3.63, 3.8) is 0 Å². The standard InChI is InChI=1S/C11H15ClFNO2S/c1-8(12)11(2,3)14-17(15,16)10-6-4-9(13)5-7-10/h4-8,14H,1-3H3. The topological polar surface area (TPSA) is 46.2 Å². The van der Waals surface area contributed by atoms with Gasteiger partial charge in [0.25, 0.3) is 0 Å². The van der Waals surface area contributed by atoms with E-state index in [9.17, 15) is 12.8 Å². The summed E-state index contributed by atoms with van der Waals surface area (Å²) in [4.78, 5) is 0.0179. The van der Waals surface area contributed by atoms with Crippen molar-refractivity contribution in [3.8, 4) is 0 Å². The summed E-state index contributed by atoms with van der Waals surface area (Å²) >= 11 is 5.90. The fourth-order valence-electron chi connectivity index (χ4n) is 1.10. The molecule has 1 aromatic carbocycles. The van der Waals surface area contributed by atoms with Crippen LogP contribution in [0.1, 0.15) is 20.8 Å². The van der Waals surface area contributed by atoms with Crippen molar-refractivity contribution in [2.24, 2.45) is 0 Å². The Bertz CT molecular complexity index is 483. The van der Waals surface area contributed by atoms with Crippen LogP contribution in [-0.4, -0.2) is 19.3 Å². The normalized spacial score (nSPS) is 14.6. The first-order chi connectivity index (χ1) is 7.65. The number of nitrogens with one attached hydrogen (secondary N) is 1. The van der Waals surface area contributed by atoms with Crippen LogP contribution in [-0.2, 0) is 10.0 Å². The average molecular weight is 280 g/mol. The maximum atomic E-state index is 12.7. The second-order valence-electron chi connectivity index (χ2n) is 4.40. The van der Waals surface area contributed by atoms with Crippen LogP contribution >= 0.6 is 11.6 Å². The van der Waals surface area contributed by atoms with Gasteiger partial charge >= 0.3 is 0 Å². The van der Waals surface area contributed by atoms with E-state index in [2.05, 4.69) is 4.72 Å². The fraction of sp³-hybridized carbons (Fsp3) is 0.455. The lowest BCUT2D eigenvalue weighted by molar-refractivity contribution is 0.445. The van der Waals surface area contributed by atoms with E-state index in [1.54, 1.807) is 20.8 Å². The molecule has 1 unspecified atom stereocenters. The molecule has 0 bridgehead atoms. The Morgan fingerprint density at radius 2 is 1.76 bits per heavy atom. The number of rotatable bonds is 4. The van der Waals surface area contributed by atoms with Gasteiger partial charge in [-0.1, -0.05) is 0 Å². The van der Waals surface area contributed by atoms with Gasteiger partial charge in [0.2, 0.25) is 10.0 Å². The van der Waals surface area contributed by atoms with E-state index in [0.717, 1.165) is 12.1 Å². The maximum Gasteiger partial charge on any atom is 0.241 e. The van der Waals surface area contributed by atoms with E-state index < -0.39 is 21.4 Å². The molecule has 0 saturated heterocycles. The van der Waals surface area contributed by atoms with Gasteiger partial charge in [0.05, 0.1) is 4.90 Å². The predicted octanol–water partition coefficient (Wildman–Crippen LogP) is 2.51. The SMILES string of the molecule is CC(Cl)C(C)(C)NS(=O)(=O)c1ccc(F)cc1. The van der Waals surface area contributed by atoms with Gasteiger partial charge in [-0.05, 0) is 45.0 Å². The summed E-state index contributed by atoms with van der Waals surface area (Å²) in [7, 11) is -3.68. The molecule has 1 aromatic rings. The number of sulfonamides is 1. The van der Waals surface area contributed by atoms with Crippen LogP contribution < -0.4 is 4.72 Å². The third kappa shape index (κ3) is 3.66. The molecule has 0 spiro atoms. The highest BCUT2D eigenvalue weighted by Gasteiger charge is 2.30. The lowest BCUT2D eigenvalue weighted by Crippen LogP contribution is -2.48. The number of benzene rings is 1. The van der Waals surface area contributed by atoms with Crippen molar-refractivity contribution in [2.45, 2.75) is 36.6 Å². The van der Waals surface area contributed by atoms with Crippen molar-refractivity contribution in [1.82, 2.24) is 4.72 Å². The molecular weight excluding hydrogens is 265 g/mol. The Balaban J connectivity index is 3.01. The van der Waals surface area contributed by atoms with Crippen molar-refractivity contribution in [1.29, 1.82) is 0 Å². The van der Waals surface area contributed by atoms with Gasteiger partial charge in [-0.15, -0.1) is 11.6 Å². The van der Waals surface area contributed by atoms with Gasteiger partial charge in [-0.2, -0.15) is 0 Å². The first kappa shape index (κ1) is 14.4. The molecule has 0 aliphatic carbocycles. The molecular formula is C11H15ClFNO2S. The molecule has 96 valence electrons. The summed E-state index contributed by atoms with van der Waals surface area (Å²) in [6.45, 7) is 5.08. The van der Waals surface area contributed by atoms with E-state index in [0.29, 0.717) is 0 Å². The second kappa shape index (κ2) is 4.92. The Morgan fingerprint density at radius 1 is 1.29 bits per heavy atom. The molecule has 0 aliphatic rings. The molecule has 0 amide bonds. The maximum absolute atomic E-state index is 12.7. The summed E-state index contributed by atoms with van der Waals surface area (Å²) < 4.78 is 39.1. The van der Waals surface area contributed by atoms with Crippen LogP contribution in [0.2, 0.25) is 0 Å². The minimum Gasteiger partial charge on any atom is -0.207 e. The van der Waals surface area contributed by atoms with Crippen LogP contribution in [0.15, 0.2) is 29.2 Å². The molecule has 3 nitrogen and oxygen atoms in total. The smallest absolute Gasteiger partial charge is 0.207 e. The Kier molecular flexibility index (Phi) is 4.17. The molecule has 1 rings (SSSR count). The molecule has 0 heterocycles. The third-order valence-electron chi connectivity index (χ3n) is 2.52. The summed E-state index contributed by atoms with van der Waals surface area (Å²) in [6, 6.07) is 4.64. The number of hydrogen-bond donors (Lipinski definition) is 1. The first-order valence-electron chi connectivity index (χ1n) is 5.09. The fourth-order valence-corrected chi connectivity index (χ4v) is 2.70. The molecule has 1 atom stereocenters. The number of hydrogen-bond acceptors (Lipinski definition) is 2. The van der Waals surface area contributed by atoms with E-state index >= 15 is 0 Å². The van der Waals surface area contributed by atoms with Gasteiger partial charge < -0.3 is 0 Å². The second-order valence-corrected chi connectivity index (χ2v) is 6.73. The van der Waals surface area contributed by atoms with Crippen molar-refractivity contribution < 1.29 is 12.8 Å². The van der Waals surface area contributed by atoms with Gasteiger partial charge in [0, 0.05) is 10.9 Å². The van der Waals surface area contributed by atoms with E-state index in [-0.39, 0.29) is 10.3 Å². The average Bonchev–Trinajstić information content (AvgIpc) is 2.16. The monoisotopic (exact) mass is 279 g/mol. The van der Waals surface area contributed by atoms with E-state index in [1.165, 1.54) is 12.1 Å². The summed E-state index contributed by atoms with van der Waals surface area (Å²) in [5.41, 5.74) is -0.783. The lowest BCUT2D eigenvalue weighted by atomic mass is 10.0. The molecule has 0 aromatic heterocycles. The van der Waals surface area contributed by atoms with E-state index in [4.69, 9.17) is 11.6 Å². The molecule has 0 aliphatic heterocycles.